The van der Waals surface area contributed by atoms with E-state index in [0.29, 0.717) is 5.92 Å². The SMILES string of the molecule is COCC(C)CNCCc1scnc1C. The molecule has 4 heteroatoms. The number of hydrogen-bond acceptors (Lipinski definition) is 4. The predicted octanol–water partition coefficient (Wildman–Crippen LogP) is 1.87. The van der Waals surface area contributed by atoms with Crippen LogP contribution in [0.3, 0.4) is 0 Å². The first-order valence-corrected chi connectivity index (χ1v) is 6.20. The van der Waals surface area contributed by atoms with Gasteiger partial charge in [-0.15, -0.1) is 11.3 Å². The Morgan fingerprint density at radius 1 is 1.60 bits per heavy atom. The van der Waals surface area contributed by atoms with E-state index in [9.17, 15) is 0 Å². The van der Waals surface area contributed by atoms with Crippen LogP contribution in [0.25, 0.3) is 0 Å². The molecule has 0 radical (unpaired) electrons. The van der Waals surface area contributed by atoms with Crippen LogP contribution < -0.4 is 5.32 Å². The van der Waals surface area contributed by atoms with Crippen molar-refractivity contribution in [3.05, 3.63) is 16.1 Å². The van der Waals surface area contributed by atoms with Gasteiger partial charge in [-0.3, -0.25) is 0 Å². The molecule has 0 fully saturated rings. The summed E-state index contributed by atoms with van der Waals surface area (Å²) in [6, 6.07) is 0. The first-order chi connectivity index (χ1) is 7.24. The van der Waals surface area contributed by atoms with E-state index in [1.807, 2.05) is 5.51 Å². The normalized spacial score (nSPS) is 13.0. The minimum atomic E-state index is 0.581. The quantitative estimate of drug-likeness (QED) is 0.723. The van der Waals surface area contributed by atoms with Gasteiger partial charge >= 0.3 is 0 Å². The number of ether oxygens (including phenoxy) is 1. The van der Waals surface area contributed by atoms with E-state index in [0.717, 1.165) is 26.1 Å². The Hall–Kier alpha value is -0.450. The summed E-state index contributed by atoms with van der Waals surface area (Å²) in [4.78, 5) is 5.62. The van der Waals surface area contributed by atoms with Gasteiger partial charge in [-0.05, 0) is 25.8 Å². The van der Waals surface area contributed by atoms with Crippen molar-refractivity contribution in [3.8, 4) is 0 Å². The average molecular weight is 228 g/mol. The Morgan fingerprint density at radius 3 is 3.00 bits per heavy atom. The Labute approximate surface area is 95.9 Å². The number of aryl methyl sites for hydroxylation is 1. The molecule has 0 bridgehead atoms. The molecule has 3 nitrogen and oxygen atoms in total. The Kier molecular flexibility index (Phi) is 5.83. The van der Waals surface area contributed by atoms with Crippen molar-refractivity contribution in [2.75, 3.05) is 26.8 Å². The first-order valence-electron chi connectivity index (χ1n) is 5.32. The van der Waals surface area contributed by atoms with E-state index < -0.39 is 0 Å². The van der Waals surface area contributed by atoms with Gasteiger partial charge in [0, 0.05) is 25.1 Å². The molecule has 1 N–H and O–H groups in total. The highest BCUT2D eigenvalue weighted by atomic mass is 32.1. The van der Waals surface area contributed by atoms with Crippen LogP contribution in [0.15, 0.2) is 5.51 Å². The number of rotatable bonds is 7. The Morgan fingerprint density at radius 2 is 2.40 bits per heavy atom. The molecule has 1 aromatic rings. The van der Waals surface area contributed by atoms with Gasteiger partial charge in [0.1, 0.15) is 0 Å². The third kappa shape index (κ3) is 4.73. The topological polar surface area (TPSA) is 34.1 Å². The molecule has 86 valence electrons. The van der Waals surface area contributed by atoms with Crippen LogP contribution in [0, 0.1) is 12.8 Å². The summed E-state index contributed by atoms with van der Waals surface area (Å²) < 4.78 is 5.08. The second-order valence-electron chi connectivity index (χ2n) is 3.88. The monoisotopic (exact) mass is 228 g/mol. The largest absolute Gasteiger partial charge is 0.384 e. The zero-order chi connectivity index (χ0) is 11.1. The van der Waals surface area contributed by atoms with Crippen LogP contribution in [0.4, 0.5) is 0 Å². The van der Waals surface area contributed by atoms with Gasteiger partial charge in [0.2, 0.25) is 0 Å². The summed E-state index contributed by atoms with van der Waals surface area (Å²) in [5.41, 5.74) is 3.09. The average Bonchev–Trinajstić information content (AvgIpc) is 2.60. The lowest BCUT2D eigenvalue weighted by Crippen LogP contribution is -2.25. The molecule has 0 spiro atoms. The molecule has 0 saturated heterocycles. The van der Waals surface area contributed by atoms with Gasteiger partial charge in [0.15, 0.2) is 0 Å². The van der Waals surface area contributed by atoms with Crippen molar-refractivity contribution in [3.63, 3.8) is 0 Å². The minimum absolute atomic E-state index is 0.581. The highest BCUT2D eigenvalue weighted by Gasteiger charge is 2.02. The molecule has 15 heavy (non-hydrogen) atoms. The molecule has 0 aliphatic rings. The Bertz CT molecular complexity index is 275. The van der Waals surface area contributed by atoms with Crippen LogP contribution in [0.5, 0.6) is 0 Å². The number of thiazole rings is 1. The molecule has 0 aliphatic heterocycles. The second kappa shape index (κ2) is 6.93. The maximum absolute atomic E-state index is 5.08. The fourth-order valence-corrected chi connectivity index (χ4v) is 2.24. The van der Waals surface area contributed by atoms with Gasteiger partial charge in [0.25, 0.3) is 0 Å². The van der Waals surface area contributed by atoms with Crippen molar-refractivity contribution in [2.24, 2.45) is 5.92 Å². The maximum atomic E-state index is 5.08. The van der Waals surface area contributed by atoms with E-state index in [1.165, 1.54) is 10.6 Å². The summed E-state index contributed by atoms with van der Waals surface area (Å²) in [5, 5.41) is 3.43. The highest BCUT2D eigenvalue weighted by molar-refractivity contribution is 7.09. The molecule has 1 rings (SSSR count). The first kappa shape index (κ1) is 12.6. The van der Waals surface area contributed by atoms with Gasteiger partial charge < -0.3 is 10.1 Å². The molecular formula is C11H20N2OS. The van der Waals surface area contributed by atoms with Gasteiger partial charge in [-0.25, -0.2) is 4.98 Å². The molecular weight excluding hydrogens is 208 g/mol. The zero-order valence-electron chi connectivity index (χ0n) is 9.75. The maximum Gasteiger partial charge on any atom is 0.0797 e. The fourth-order valence-electron chi connectivity index (χ4n) is 1.46. The number of nitrogens with one attached hydrogen (secondary N) is 1. The molecule has 0 aromatic carbocycles. The lowest BCUT2D eigenvalue weighted by Gasteiger charge is -2.10. The van der Waals surface area contributed by atoms with Crippen LogP contribution in [0.1, 0.15) is 17.5 Å². The van der Waals surface area contributed by atoms with E-state index in [-0.39, 0.29) is 0 Å². The number of aromatic nitrogens is 1. The van der Waals surface area contributed by atoms with Crippen molar-refractivity contribution in [1.29, 1.82) is 0 Å². The van der Waals surface area contributed by atoms with Gasteiger partial charge in [-0.1, -0.05) is 6.92 Å². The lowest BCUT2D eigenvalue weighted by atomic mass is 10.2. The summed E-state index contributed by atoms with van der Waals surface area (Å²) in [7, 11) is 1.75. The lowest BCUT2D eigenvalue weighted by molar-refractivity contribution is 0.158. The van der Waals surface area contributed by atoms with Crippen LogP contribution in [-0.4, -0.2) is 31.8 Å². The van der Waals surface area contributed by atoms with Crippen molar-refractivity contribution in [1.82, 2.24) is 10.3 Å². The summed E-state index contributed by atoms with van der Waals surface area (Å²) in [6.07, 6.45) is 1.08. The third-order valence-corrected chi connectivity index (χ3v) is 3.31. The molecule has 0 amide bonds. The number of nitrogens with zero attached hydrogens (tertiary/aromatic N) is 1. The smallest absolute Gasteiger partial charge is 0.0797 e. The van der Waals surface area contributed by atoms with Crippen molar-refractivity contribution in [2.45, 2.75) is 20.3 Å². The predicted molar refractivity (Wildman–Crippen MR) is 64.5 cm³/mol. The zero-order valence-corrected chi connectivity index (χ0v) is 10.6. The summed E-state index contributed by atoms with van der Waals surface area (Å²) in [6.45, 7) is 7.13. The van der Waals surface area contributed by atoms with Crippen molar-refractivity contribution >= 4 is 11.3 Å². The van der Waals surface area contributed by atoms with Gasteiger partial charge in [0.05, 0.1) is 11.2 Å². The molecule has 1 atom stereocenters. The van der Waals surface area contributed by atoms with Crippen LogP contribution >= 0.6 is 11.3 Å². The minimum Gasteiger partial charge on any atom is -0.384 e. The van der Waals surface area contributed by atoms with Crippen molar-refractivity contribution < 1.29 is 4.74 Å². The molecule has 1 aromatic heterocycles. The van der Waals surface area contributed by atoms with E-state index in [1.54, 1.807) is 18.4 Å². The molecule has 1 heterocycles. The summed E-state index contributed by atoms with van der Waals surface area (Å²) >= 11 is 1.74. The second-order valence-corrected chi connectivity index (χ2v) is 4.81. The molecule has 1 unspecified atom stereocenters. The standard InChI is InChI=1S/C11H20N2OS/c1-9(7-14-3)6-12-5-4-11-10(2)13-8-15-11/h8-9,12H,4-7H2,1-3H3. The molecule has 0 aliphatic carbocycles. The van der Waals surface area contributed by atoms with E-state index in [4.69, 9.17) is 4.74 Å². The van der Waals surface area contributed by atoms with E-state index >= 15 is 0 Å². The van der Waals surface area contributed by atoms with Crippen LogP contribution in [-0.2, 0) is 11.2 Å². The fraction of sp³-hybridized carbons (Fsp3) is 0.727. The number of methoxy groups -OCH3 is 1. The molecule has 0 saturated carbocycles. The van der Waals surface area contributed by atoms with Crippen LogP contribution in [0.2, 0.25) is 0 Å². The number of hydrogen-bond donors (Lipinski definition) is 1. The van der Waals surface area contributed by atoms with Gasteiger partial charge in [-0.2, -0.15) is 0 Å². The Balaban J connectivity index is 2.09. The highest BCUT2D eigenvalue weighted by Crippen LogP contribution is 2.11. The third-order valence-electron chi connectivity index (χ3n) is 2.32. The summed E-state index contributed by atoms with van der Waals surface area (Å²) in [5.74, 6) is 0.581. The van der Waals surface area contributed by atoms with E-state index in [2.05, 4.69) is 24.1 Å².